The molecule has 0 saturated heterocycles. The minimum Gasteiger partial charge on any atom is -0.369 e. The molecule has 0 aromatic carbocycles. The molecule has 1 aromatic rings. The predicted molar refractivity (Wildman–Crippen MR) is 80.2 cm³/mol. The van der Waals surface area contributed by atoms with Crippen LogP contribution in [0.15, 0.2) is 23.2 Å². The lowest BCUT2D eigenvalue weighted by atomic mass is 10.1. The van der Waals surface area contributed by atoms with Crippen LogP contribution < -0.4 is 10.0 Å². The molecule has 2 N–H and O–H groups in total. The molecule has 5 nitrogen and oxygen atoms in total. The summed E-state index contributed by atoms with van der Waals surface area (Å²) < 4.78 is 27.6. The van der Waals surface area contributed by atoms with E-state index in [0.29, 0.717) is 18.9 Å². The summed E-state index contributed by atoms with van der Waals surface area (Å²) in [5, 5.41) is 3.07. The van der Waals surface area contributed by atoms with Crippen molar-refractivity contribution in [2.24, 2.45) is 5.41 Å². The fourth-order valence-corrected chi connectivity index (χ4v) is 3.43. The van der Waals surface area contributed by atoms with Crippen molar-refractivity contribution >= 4 is 15.8 Å². The van der Waals surface area contributed by atoms with Crippen molar-refractivity contribution in [1.82, 2.24) is 9.71 Å². The summed E-state index contributed by atoms with van der Waals surface area (Å²) in [6.07, 6.45) is 5.76. The SMILES string of the molecule is CCCNc1ncccc1S(=O)(=O)NCC1(CC)CC1. The number of aromatic nitrogens is 1. The molecule has 112 valence electrons. The first-order chi connectivity index (χ1) is 9.53. The zero-order valence-electron chi connectivity index (χ0n) is 12.1. The van der Waals surface area contributed by atoms with Crippen LogP contribution in [0.25, 0.3) is 0 Å². The summed E-state index contributed by atoms with van der Waals surface area (Å²) in [6.45, 7) is 5.37. The predicted octanol–water partition coefficient (Wildman–Crippen LogP) is 2.37. The third kappa shape index (κ3) is 3.49. The van der Waals surface area contributed by atoms with Crippen molar-refractivity contribution in [2.45, 2.75) is 44.4 Å². The quantitative estimate of drug-likeness (QED) is 0.773. The largest absolute Gasteiger partial charge is 0.369 e. The molecular weight excluding hydrogens is 274 g/mol. The summed E-state index contributed by atoms with van der Waals surface area (Å²) in [5.41, 5.74) is 0.187. The maximum absolute atomic E-state index is 12.4. The van der Waals surface area contributed by atoms with Crippen LogP contribution in [0.2, 0.25) is 0 Å². The fraction of sp³-hybridized carbons (Fsp3) is 0.643. The van der Waals surface area contributed by atoms with Gasteiger partial charge in [0.05, 0.1) is 0 Å². The Labute approximate surface area is 121 Å². The van der Waals surface area contributed by atoms with Crippen molar-refractivity contribution in [3.8, 4) is 0 Å². The Morgan fingerprint density at radius 1 is 1.35 bits per heavy atom. The molecule has 1 saturated carbocycles. The first-order valence-corrected chi connectivity index (χ1v) is 8.70. The van der Waals surface area contributed by atoms with Gasteiger partial charge in [-0.05, 0) is 43.2 Å². The van der Waals surface area contributed by atoms with Gasteiger partial charge in [-0.2, -0.15) is 0 Å². The molecule has 1 aromatic heterocycles. The van der Waals surface area contributed by atoms with Gasteiger partial charge in [-0.15, -0.1) is 0 Å². The number of anilines is 1. The number of hydrogen-bond donors (Lipinski definition) is 2. The highest BCUT2D eigenvalue weighted by molar-refractivity contribution is 7.89. The molecule has 0 spiro atoms. The topological polar surface area (TPSA) is 71.1 Å². The summed E-state index contributed by atoms with van der Waals surface area (Å²) in [4.78, 5) is 4.37. The van der Waals surface area contributed by atoms with Gasteiger partial charge >= 0.3 is 0 Å². The van der Waals surface area contributed by atoms with E-state index in [-0.39, 0.29) is 10.3 Å². The number of sulfonamides is 1. The maximum Gasteiger partial charge on any atom is 0.244 e. The highest BCUT2D eigenvalue weighted by atomic mass is 32.2. The highest BCUT2D eigenvalue weighted by Crippen LogP contribution is 2.48. The Balaban J connectivity index is 2.12. The summed E-state index contributed by atoms with van der Waals surface area (Å²) in [7, 11) is -3.50. The Bertz CT molecular complexity index is 553. The van der Waals surface area contributed by atoms with Crippen molar-refractivity contribution in [3.05, 3.63) is 18.3 Å². The van der Waals surface area contributed by atoms with Crippen molar-refractivity contribution in [3.63, 3.8) is 0 Å². The molecule has 0 aliphatic heterocycles. The van der Waals surface area contributed by atoms with Crippen LogP contribution >= 0.6 is 0 Å². The van der Waals surface area contributed by atoms with Crippen LogP contribution in [0.5, 0.6) is 0 Å². The van der Waals surface area contributed by atoms with Gasteiger partial charge in [0.2, 0.25) is 10.0 Å². The zero-order chi connectivity index (χ0) is 14.6. The van der Waals surface area contributed by atoms with Crippen LogP contribution in [0, 0.1) is 5.41 Å². The fourth-order valence-electron chi connectivity index (χ4n) is 2.14. The molecule has 0 radical (unpaired) electrons. The molecule has 20 heavy (non-hydrogen) atoms. The Kier molecular flexibility index (Phi) is 4.65. The van der Waals surface area contributed by atoms with E-state index in [2.05, 4.69) is 21.9 Å². The number of nitrogens with one attached hydrogen (secondary N) is 2. The first-order valence-electron chi connectivity index (χ1n) is 7.21. The van der Waals surface area contributed by atoms with Crippen LogP contribution in [0.1, 0.15) is 39.5 Å². The van der Waals surface area contributed by atoms with Gasteiger partial charge in [-0.25, -0.2) is 18.1 Å². The van der Waals surface area contributed by atoms with E-state index >= 15 is 0 Å². The number of nitrogens with zero attached hydrogens (tertiary/aromatic N) is 1. The molecule has 0 bridgehead atoms. The third-order valence-electron chi connectivity index (χ3n) is 3.95. The van der Waals surface area contributed by atoms with Gasteiger partial charge in [-0.1, -0.05) is 13.8 Å². The Morgan fingerprint density at radius 3 is 2.70 bits per heavy atom. The average molecular weight is 297 g/mol. The summed E-state index contributed by atoms with van der Waals surface area (Å²) >= 11 is 0. The van der Waals surface area contributed by atoms with Crippen LogP contribution in [-0.2, 0) is 10.0 Å². The van der Waals surface area contributed by atoms with Gasteiger partial charge < -0.3 is 5.32 Å². The molecule has 1 aliphatic rings. The second kappa shape index (κ2) is 6.10. The Hall–Kier alpha value is -1.14. The van der Waals surface area contributed by atoms with Crippen molar-refractivity contribution in [2.75, 3.05) is 18.4 Å². The molecule has 0 unspecified atom stereocenters. The van der Waals surface area contributed by atoms with Crippen molar-refractivity contribution < 1.29 is 8.42 Å². The first kappa shape index (κ1) is 15.3. The van der Waals surface area contributed by atoms with E-state index in [1.807, 2.05) is 6.92 Å². The minimum atomic E-state index is -3.50. The number of hydrogen-bond acceptors (Lipinski definition) is 4. The zero-order valence-corrected chi connectivity index (χ0v) is 13.0. The lowest BCUT2D eigenvalue weighted by molar-refractivity contribution is 0.475. The van der Waals surface area contributed by atoms with E-state index in [9.17, 15) is 8.42 Å². The van der Waals surface area contributed by atoms with Gasteiger partial charge in [0, 0.05) is 19.3 Å². The van der Waals surface area contributed by atoms with Crippen molar-refractivity contribution in [1.29, 1.82) is 0 Å². The van der Waals surface area contributed by atoms with E-state index in [1.54, 1.807) is 18.3 Å². The van der Waals surface area contributed by atoms with E-state index in [4.69, 9.17) is 0 Å². The average Bonchev–Trinajstić information content (AvgIpc) is 3.24. The van der Waals surface area contributed by atoms with Gasteiger partial charge in [0.1, 0.15) is 10.7 Å². The lowest BCUT2D eigenvalue weighted by Gasteiger charge is -2.15. The molecule has 0 atom stereocenters. The lowest BCUT2D eigenvalue weighted by Crippen LogP contribution is -2.30. The number of pyridine rings is 1. The molecule has 1 heterocycles. The van der Waals surface area contributed by atoms with E-state index < -0.39 is 10.0 Å². The van der Waals surface area contributed by atoms with E-state index in [0.717, 1.165) is 25.7 Å². The second-order valence-corrected chi connectivity index (χ2v) is 7.19. The normalized spacial score (nSPS) is 16.9. The minimum absolute atomic E-state index is 0.187. The monoisotopic (exact) mass is 297 g/mol. The number of rotatable bonds is 8. The second-order valence-electron chi connectivity index (χ2n) is 5.46. The molecule has 2 rings (SSSR count). The van der Waals surface area contributed by atoms with Crippen LogP contribution in [0.3, 0.4) is 0 Å². The third-order valence-corrected chi connectivity index (χ3v) is 5.38. The molecular formula is C14H23N3O2S. The van der Waals surface area contributed by atoms with E-state index in [1.165, 1.54) is 0 Å². The maximum atomic E-state index is 12.4. The molecule has 6 heteroatoms. The molecule has 1 fully saturated rings. The standard InChI is InChI=1S/C14H23N3O2S/c1-3-9-15-13-12(6-5-10-16-13)20(18,19)17-11-14(4-2)7-8-14/h5-6,10,17H,3-4,7-9,11H2,1-2H3,(H,15,16). The smallest absolute Gasteiger partial charge is 0.244 e. The molecule has 1 aliphatic carbocycles. The van der Waals surface area contributed by atoms with Gasteiger partial charge in [0.15, 0.2) is 0 Å². The summed E-state index contributed by atoms with van der Waals surface area (Å²) in [6, 6.07) is 3.25. The van der Waals surface area contributed by atoms with Crippen LogP contribution in [-0.4, -0.2) is 26.5 Å². The Morgan fingerprint density at radius 2 is 2.10 bits per heavy atom. The summed E-state index contributed by atoms with van der Waals surface area (Å²) in [5.74, 6) is 0.434. The van der Waals surface area contributed by atoms with Gasteiger partial charge in [0.25, 0.3) is 0 Å². The highest BCUT2D eigenvalue weighted by Gasteiger charge is 2.41. The van der Waals surface area contributed by atoms with Gasteiger partial charge in [-0.3, -0.25) is 0 Å². The van der Waals surface area contributed by atoms with Crippen LogP contribution in [0.4, 0.5) is 5.82 Å². The molecule has 0 amide bonds.